The molecule has 0 aliphatic heterocycles. The number of rotatable bonds is 10. The van der Waals surface area contributed by atoms with Gasteiger partial charge < -0.3 is 0 Å². The lowest BCUT2D eigenvalue weighted by Gasteiger charge is -2.26. The minimum absolute atomic E-state index is 0.0409. The number of pyridine rings is 1. The molecule has 0 fully saturated rings. The minimum atomic E-state index is -0.0409. The van der Waals surface area contributed by atoms with Crippen LogP contribution in [0.1, 0.15) is 87.1 Å². The molecule has 6 aromatic carbocycles. The van der Waals surface area contributed by atoms with E-state index < -0.39 is 0 Å². The normalized spacial score (nSPS) is 12.1. The van der Waals surface area contributed by atoms with Gasteiger partial charge in [0, 0.05) is 11.8 Å². The molecular weight excluding hydrogens is 643 g/mol. The first-order valence-electron chi connectivity index (χ1n) is 18.4. The number of hydrogen-bond acceptors (Lipinski definition) is 3. The first-order valence-corrected chi connectivity index (χ1v) is 18.4. The Bertz CT molecular complexity index is 2280. The molecule has 0 amide bonds. The quantitative estimate of drug-likeness (QED) is 0.104. The second kappa shape index (κ2) is 16.0. The van der Waals surface area contributed by atoms with E-state index in [-0.39, 0.29) is 11.8 Å². The third kappa shape index (κ3) is 7.85. The molecule has 0 radical (unpaired) electrons. The van der Waals surface area contributed by atoms with E-state index >= 15 is 0 Å². The lowest BCUT2D eigenvalue weighted by molar-refractivity contribution is 0.934. The van der Waals surface area contributed by atoms with Gasteiger partial charge in [0.1, 0.15) is 0 Å². The molecule has 1 heterocycles. The Hall–Kier alpha value is -6.19. The number of benzene rings is 6. The highest BCUT2D eigenvalue weighted by molar-refractivity contribution is 6.02. The zero-order chi connectivity index (χ0) is 36.7. The summed E-state index contributed by atoms with van der Waals surface area (Å²) in [5.74, 6) is 0.0134. The van der Waals surface area contributed by atoms with Crippen molar-refractivity contribution >= 4 is 22.8 Å². The predicted octanol–water partition coefficient (Wildman–Crippen LogP) is 12.6. The smallest absolute Gasteiger partial charge is 0.0849 e. The standard InChI is InChI=1S/C50H45N3/c1-34-20-18-21-35(2)49(34)51-37(4)45-30-19-31-46(53-45)38(5)52-50-36(3)32-43(47(39-22-10-6-11-23-39)40-24-12-7-13-25-40)33-44(50)48(41-26-14-8-15-27-41)42-28-16-9-17-29-42/h6-33,47-48H,1-5H3. The molecule has 3 heteroatoms. The van der Waals surface area contributed by atoms with Crippen LogP contribution in [0.5, 0.6) is 0 Å². The molecule has 7 aromatic rings. The average Bonchev–Trinajstić information content (AvgIpc) is 3.19. The van der Waals surface area contributed by atoms with Crippen LogP contribution >= 0.6 is 0 Å². The lowest BCUT2D eigenvalue weighted by atomic mass is 9.79. The molecule has 260 valence electrons. The topological polar surface area (TPSA) is 37.6 Å². The van der Waals surface area contributed by atoms with E-state index in [9.17, 15) is 0 Å². The Morgan fingerprint density at radius 2 is 0.792 bits per heavy atom. The van der Waals surface area contributed by atoms with Crippen molar-refractivity contribution in [2.75, 3.05) is 0 Å². The Morgan fingerprint density at radius 3 is 1.25 bits per heavy atom. The summed E-state index contributed by atoms with van der Waals surface area (Å²) < 4.78 is 0. The van der Waals surface area contributed by atoms with E-state index in [1.165, 1.54) is 27.8 Å². The predicted molar refractivity (Wildman–Crippen MR) is 223 cm³/mol. The van der Waals surface area contributed by atoms with E-state index in [0.717, 1.165) is 56.4 Å². The van der Waals surface area contributed by atoms with Crippen LogP contribution in [-0.2, 0) is 0 Å². The fraction of sp³-hybridized carbons (Fsp3) is 0.140. The van der Waals surface area contributed by atoms with Crippen molar-refractivity contribution in [3.05, 3.63) is 231 Å². The van der Waals surface area contributed by atoms with Crippen molar-refractivity contribution in [1.82, 2.24) is 4.98 Å². The van der Waals surface area contributed by atoms with Crippen molar-refractivity contribution < 1.29 is 0 Å². The summed E-state index contributed by atoms with van der Waals surface area (Å²) in [6, 6.07) is 60.4. The number of para-hydroxylation sites is 1. The Morgan fingerprint density at radius 1 is 0.396 bits per heavy atom. The van der Waals surface area contributed by atoms with Gasteiger partial charge >= 0.3 is 0 Å². The maximum atomic E-state index is 5.47. The summed E-state index contributed by atoms with van der Waals surface area (Å²) in [6.07, 6.45) is 0. The molecule has 0 saturated carbocycles. The molecule has 0 unspecified atom stereocenters. The first kappa shape index (κ1) is 35.2. The monoisotopic (exact) mass is 687 g/mol. The molecule has 1 aromatic heterocycles. The molecular formula is C50H45N3. The molecule has 0 saturated heterocycles. The van der Waals surface area contributed by atoms with E-state index in [4.69, 9.17) is 15.0 Å². The molecule has 0 atom stereocenters. The molecule has 0 aliphatic rings. The Balaban J connectivity index is 1.41. The maximum absolute atomic E-state index is 5.47. The zero-order valence-corrected chi connectivity index (χ0v) is 31.2. The molecule has 3 nitrogen and oxygen atoms in total. The third-order valence-corrected chi connectivity index (χ3v) is 10.0. The summed E-state index contributed by atoms with van der Waals surface area (Å²) in [5.41, 5.74) is 16.1. The molecule has 0 bridgehead atoms. The Labute approximate surface area is 314 Å². The molecule has 53 heavy (non-hydrogen) atoms. The highest BCUT2D eigenvalue weighted by Gasteiger charge is 2.25. The van der Waals surface area contributed by atoms with Crippen LogP contribution in [0, 0.1) is 20.8 Å². The summed E-state index contributed by atoms with van der Waals surface area (Å²) in [5, 5.41) is 0. The number of nitrogens with zero attached hydrogens (tertiary/aromatic N) is 3. The van der Waals surface area contributed by atoms with Gasteiger partial charge in [-0.2, -0.15) is 0 Å². The van der Waals surface area contributed by atoms with Gasteiger partial charge in [0.25, 0.3) is 0 Å². The minimum Gasteiger partial charge on any atom is -0.251 e. The number of hydrogen-bond donors (Lipinski definition) is 0. The van der Waals surface area contributed by atoms with Crippen molar-refractivity contribution in [2.45, 2.75) is 46.5 Å². The van der Waals surface area contributed by atoms with Crippen LogP contribution in [0.3, 0.4) is 0 Å². The lowest BCUT2D eigenvalue weighted by Crippen LogP contribution is -2.10. The van der Waals surface area contributed by atoms with E-state index in [2.05, 4.69) is 185 Å². The number of aromatic nitrogens is 1. The van der Waals surface area contributed by atoms with Crippen LogP contribution < -0.4 is 0 Å². The third-order valence-electron chi connectivity index (χ3n) is 10.0. The van der Waals surface area contributed by atoms with E-state index in [1.807, 2.05) is 19.1 Å². The molecule has 0 spiro atoms. The van der Waals surface area contributed by atoms with Gasteiger partial charge in [-0.1, -0.05) is 158 Å². The molecule has 7 rings (SSSR count). The molecule has 0 N–H and O–H groups in total. The highest BCUT2D eigenvalue weighted by Crippen LogP contribution is 2.43. The second-order valence-corrected chi connectivity index (χ2v) is 13.8. The van der Waals surface area contributed by atoms with Crippen LogP contribution in [-0.4, -0.2) is 16.4 Å². The van der Waals surface area contributed by atoms with Crippen LogP contribution in [0.25, 0.3) is 0 Å². The van der Waals surface area contributed by atoms with E-state index in [1.54, 1.807) is 0 Å². The van der Waals surface area contributed by atoms with Crippen LogP contribution in [0.2, 0.25) is 0 Å². The van der Waals surface area contributed by atoms with Gasteiger partial charge in [0.05, 0.1) is 34.2 Å². The first-order chi connectivity index (χ1) is 25.9. The van der Waals surface area contributed by atoms with Gasteiger partial charge in [0.15, 0.2) is 0 Å². The highest BCUT2D eigenvalue weighted by atomic mass is 14.8. The second-order valence-electron chi connectivity index (χ2n) is 13.8. The summed E-state index contributed by atoms with van der Waals surface area (Å²) in [6.45, 7) is 10.5. The van der Waals surface area contributed by atoms with Gasteiger partial charge in [-0.3, -0.25) is 9.98 Å². The summed E-state index contributed by atoms with van der Waals surface area (Å²) in [7, 11) is 0. The summed E-state index contributed by atoms with van der Waals surface area (Å²) >= 11 is 0. The van der Waals surface area contributed by atoms with Crippen molar-refractivity contribution in [3.8, 4) is 0 Å². The SMILES string of the molecule is CC(=Nc1c(C)cccc1C)c1cccc(C(C)=Nc2c(C)cc(C(c3ccccc3)c3ccccc3)cc2C(c2ccccc2)c2ccccc2)n1. The fourth-order valence-corrected chi connectivity index (χ4v) is 7.36. The van der Waals surface area contributed by atoms with Crippen LogP contribution in [0.15, 0.2) is 180 Å². The van der Waals surface area contributed by atoms with Gasteiger partial charge in [-0.15, -0.1) is 0 Å². The summed E-state index contributed by atoms with van der Waals surface area (Å²) in [4.78, 5) is 15.6. The zero-order valence-electron chi connectivity index (χ0n) is 31.2. The average molecular weight is 688 g/mol. The number of aliphatic imine (C=N–C) groups is 2. The van der Waals surface area contributed by atoms with Crippen molar-refractivity contribution in [1.29, 1.82) is 0 Å². The fourth-order valence-electron chi connectivity index (χ4n) is 7.36. The number of aryl methyl sites for hydroxylation is 3. The van der Waals surface area contributed by atoms with Gasteiger partial charge in [-0.25, -0.2) is 4.98 Å². The molecule has 0 aliphatic carbocycles. The van der Waals surface area contributed by atoms with E-state index in [0.29, 0.717) is 0 Å². The maximum Gasteiger partial charge on any atom is 0.0849 e. The van der Waals surface area contributed by atoms with Crippen molar-refractivity contribution in [2.24, 2.45) is 9.98 Å². The Kier molecular flexibility index (Phi) is 10.6. The van der Waals surface area contributed by atoms with Gasteiger partial charge in [0.2, 0.25) is 0 Å². The van der Waals surface area contributed by atoms with Gasteiger partial charge in [-0.05, 0) is 96.8 Å². The van der Waals surface area contributed by atoms with Crippen LogP contribution in [0.4, 0.5) is 11.4 Å². The largest absolute Gasteiger partial charge is 0.251 e. The van der Waals surface area contributed by atoms with Crippen molar-refractivity contribution in [3.63, 3.8) is 0 Å².